The van der Waals surface area contributed by atoms with E-state index in [4.69, 9.17) is 0 Å². The predicted molar refractivity (Wildman–Crippen MR) is 131 cm³/mol. The first-order valence-corrected chi connectivity index (χ1v) is 13.6. The molecule has 4 rings (SSSR count). The van der Waals surface area contributed by atoms with Gasteiger partial charge >= 0.3 is 0 Å². The van der Waals surface area contributed by atoms with Crippen LogP contribution in [-0.2, 0) is 26.2 Å². The van der Waals surface area contributed by atoms with Crippen LogP contribution in [0.25, 0.3) is 0 Å². The molecule has 0 unspecified atom stereocenters. The normalized spacial score (nSPS) is 17.9. The number of halogens is 1. The van der Waals surface area contributed by atoms with Gasteiger partial charge in [-0.1, -0.05) is 43.5 Å². The van der Waals surface area contributed by atoms with E-state index in [-0.39, 0.29) is 41.9 Å². The van der Waals surface area contributed by atoms with Crippen molar-refractivity contribution in [3.8, 4) is 0 Å². The molecule has 1 aliphatic heterocycles. The Morgan fingerprint density at radius 2 is 1.75 bits per heavy atom. The summed E-state index contributed by atoms with van der Waals surface area (Å²) in [5.41, 5.74) is 0.702. The zero-order chi connectivity index (χ0) is 25.9. The quantitative estimate of drug-likeness (QED) is 0.581. The number of nitrogens with zero attached hydrogens (tertiary/aromatic N) is 2. The maximum atomic E-state index is 13.4. The maximum absolute atomic E-state index is 13.4. The Labute approximate surface area is 210 Å². The molecule has 1 N–H and O–H groups in total. The molecule has 0 aromatic heterocycles. The molecule has 8 nitrogen and oxygen atoms in total. The van der Waals surface area contributed by atoms with Crippen molar-refractivity contribution in [3.63, 3.8) is 0 Å². The number of carbonyl (C=O) groups excluding carboxylic acids is 3. The zero-order valence-corrected chi connectivity index (χ0v) is 21.0. The molecule has 2 aromatic rings. The molecule has 0 radical (unpaired) electrons. The lowest BCUT2D eigenvalue weighted by atomic mass is 9.95. The molecule has 1 aliphatic carbocycles. The molecule has 3 amide bonds. The van der Waals surface area contributed by atoms with Gasteiger partial charge in [0.15, 0.2) is 0 Å². The molecule has 36 heavy (non-hydrogen) atoms. The summed E-state index contributed by atoms with van der Waals surface area (Å²) >= 11 is 0. The van der Waals surface area contributed by atoms with Crippen molar-refractivity contribution in [2.75, 3.05) is 6.54 Å². The predicted octanol–water partition coefficient (Wildman–Crippen LogP) is 3.23. The maximum Gasteiger partial charge on any atom is 0.269 e. The number of hydrogen-bond acceptors (Lipinski definition) is 5. The van der Waals surface area contributed by atoms with E-state index in [2.05, 4.69) is 5.32 Å². The van der Waals surface area contributed by atoms with Crippen LogP contribution in [0.4, 0.5) is 4.39 Å². The number of nitrogens with one attached hydrogen (secondary N) is 1. The molecule has 1 heterocycles. The van der Waals surface area contributed by atoms with Gasteiger partial charge in [-0.3, -0.25) is 14.4 Å². The lowest BCUT2D eigenvalue weighted by Crippen LogP contribution is -2.50. The van der Waals surface area contributed by atoms with Crippen LogP contribution in [-0.4, -0.2) is 54.0 Å². The summed E-state index contributed by atoms with van der Waals surface area (Å²) in [5.74, 6) is -1.87. The molecular weight excluding hydrogens is 485 g/mol. The zero-order valence-electron chi connectivity index (χ0n) is 20.2. The van der Waals surface area contributed by atoms with Gasteiger partial charge in [-0.25, -0.2) is 17.1 Å². The van der Waals surface area contributed by atoms with Crippen molar-refractivity contribution in [1.82, 2.24) is 14.5 Å². The molecule has 192 valence electrons. The Morgan fingerprint density at radius 3 is 2.42 bits per heavy atom. The van der Waals surface area contributed by atoms with Crippen LogP contribution >= 0.6 is 0 Å². The minimum atomic E-state index is -4.04. The number of carbonyl (C=O) groups is 3. The molecule has 0 bridgehead atoms. The summed E-state index contributed by atoms with van der Waals surface area (Å²) in [7, 11) is -4.04. The summed E-state index contributed by atoms with van der Waals surface area (Å²) in [6.45, 7) is 1.32. The summed E-state index contributed by atoms with van der Waals surface area (Å²) < 4.78 is 39.8. The molecule has 1 fully saturated rings. The van der Waals surface area contributed by atoms with Gasteiger partial charge in [0.1, 0.15) is 16.8 Å². The van der Waals surface area contributed by atoms with E-state index in [0.29, 0.717) is 9.87 Å². The average Bonchev–Trinajstić information content (AvgIpc) is 3.07. The van der Waals surface area contributed by atoms with Crippen LogP contribution in [0.5, 0.6) is 0 Å². The van der Waals surface area contributed by atoms with E-state index < -0.39 is 33.7 Å². The molecule has 0 saturated heterocycles. The van der Waals surface area contributed by atoms with Crippen LogP contribution < -0.4 is 5.32 Å². The summed E-state index contributed by atoms with van der Waals surface area (Å²) in [4.78, 5) is 40.4. The van der Waals surface area contributed by atoms with E-state index in [0.717, 1.165) is 32.1 Å². The van der Waals surface area contributed by atoms with Crippen LogP contribution in [0.2, 0.25) is 0 Å². The monoisotopic (exact) mass is 515 g/mol. The van der Waals surface area contributed by atoms with Gasteiger partial charge in [-0.15, -0.1) is 0 Å². The van der Waals surface area contributed by atoms with Crippen molar-refractivity contribution in [2.45, 2.75) is 69.0 Å². The van der Waals surface area contributed by atoms with Gasteiger partial charge < -0.3 is 10.2 Å². The minimum absolute atomic E-state index is 0.0410. The lowest BCUT2D eigenvalue weighted by Gasteiger charge is -2.31. The third-order valence-electron chi connectivity index (χ3n) is 6.83. The molecule has 2 aromatic carbocycles. The van der Waals surface area contributed by atoms with E-state index in [9.17, 15) is 27.2 Å². The second-order valence-electron chi connectivity index (χ2n) is 9.30. The van der Waals surface area contributed by atoms with Gasteiger partial charge in [0.2, 0.25) is 11.8 Å². The summed E-state index contributed by atoms with van der Waals surface area (Å²) in [6, 6.07) is 10.8. The Bertz CT molecular complexity index is 1240. The highest BCUT2D eigenvalue weighted by Crippen LogP contribution is 2.30. The number of fused-ring (bicyclic) bond motifs is 1. The van der Waals surface area contributed by atoms with Crippen LogP contribution in [0.15, 0.2) is 53.4 Å². The third-order valence-corrected chi connectivity index (χ3v) is 8.67. The Kier molecular flexibility index (Phi) is 7.73. The standard InChI is InChI=1S/C26H30FN3O5S/c1-18(25(32)28-21-7-3-2-4-8-21)29(17-19-11-13-20(27)14-12-19)24(31)15-16-30-26(33)22-9-5-6-10-23(22)36(30,34)35/h5-6,9-14,18,21H,2-4,7-8,15-17H2,1H3,(H,28,32)/t18-/m1/s1. The average molecular weight is 516 g/mol. The number of amides is 3. The molecule has 2 aliphatic rings. The Hall–Kier alpha value is -3.27. The number of sulfonamides is 1. The fourth-order valence-electron chi connectivity index (χ4n) is 4.73. The fourth-order valence-corrected chi connectivity index (χ4v) is 6.30. The minimum Gasteiger partial charge on any atom is -0.352 e. The van der Waals surface area contributed by atoms with Crippen molar-refractivity contribution < 1.29 is 27.2 Å². The van der Waals surface area contributed by atoms with Crippen LogP contribution in [0.3, 0.4) is 0 Å². The van der Waals surface area contributed by atoms with Gasteiger partial charge in [0.05, 0.1) is 5.56 Å². The van der Waals surface area contributed by atoms with E-state index in [1.807, 2.05) is 0 Å². The molecule has 1 saturated carbocycles. The highest BCUT2D eigenvalue weighted by atomic mass is 32.2. The third kappa shape index (κ3) is 5.43. The lowest BCUT2D eigenvalue weighted by molar-refractivity contribution is -0.141. The topological polar surface area (TPSA) is 104 Å². The van der Waals surface area contributed by atoms with E-state index in [1.165, 1.54) is 47.4 Å². The Balaban J connectivity index is 1.49. The number of benzene rings is 2. The molecule has 0 spiro atoms. The van der Waals surface area contributed by atoms with Crippen molar-refractivity contribution >= 4 is 27.7 Å². The highest BCUT2D eigenvalue weighted by molar-refractivity contribution is 7.90. The van der Waals surface area contributed by atoms with E-state index in [1.54, 1.807) is 13.0 Å². The second-order valence-corrected chi connectivity index (χ2v) is 11.1. The van der Waals surface area contributed by atoms with Crippen molar-refractivity contribution in [3.05, 3.63) is 65.5 Å². The first kappa shape index (κ1) is 25.8. The summed E-state index contributed by atoms with van der Waals surface area (Å²) in [5, 5.41) is 3.02. The highest BCUT2D eigenvalue weighted by Gasteiger charge is 2.41. The van der Waals surface area contributed by atoms with Crippen LogP contribution in [0.1, 0.15) is 61.4 Å². The SMILES string of the molecule is C[C@H](C(=O)NC1CCCCC1)N(Cc1ccc(F)cc1)C(=O)CCN1C(=O)c2ccccc2S1(=O)=O. The van der Waals surface area contributed by atoms with Gasteiger partial charge in [0.25, 0.3) is 15.9 Å². The van der Waals surface area contributed by atoms with Gasteiger partial charge in [-0.05, 0) is 49.6 Å². The van der Waals surface area contributed by atoms with Gasteiger partial charge in [0, 0.05) is 25.6 Å². The summed E-state index contributed by atoms with van der Waals surface area (Å²) in [6.07, 6.45) is 4.70. The van der Waals surface area contributed by atoms with Crippen LogP contribution in [0, 0.1) is 5.82 Å². The number of hydrogen-bond donors (Lipinski definition) is 1. The molecule has 1 atom stereocenters. The first-order chi connectivity index (χ1) is 17.2. The van der Waals surface area contributed by atoms with E-state index >= 15 is 0 Å². The van der Waals surface area contributed by atoms with Gasteiger partial charge in [-0.2, -0.15) is 0 Å². The molecule has 10 heteroatoms. The second kappa shape index (κ2) is 10.8. The Morgan fingerprint density at radius 1 is 1.08 bits per heavy atom. The van der Waals surface area contributed by atoms with Crippen molar-refractivity contribution in [1.29, 1.82) is 0 Å². The first-order valence-electron chi connectivity index (χ1n) is 12.2. The molecular formula is C26H30FN3O5S. The van der Waals surface area contributed by atoms with Crippen molar-refractivity contribution in [2.24, 2.45) is 0 Å². The fraction of sp³-hybridized carbons (Fsp3) is 0.423. The number of rotatable bonds is 8. The smallest absolute Gasteiger partial charge is 0.269 e. The largest absolute Gasteiger partial charge is 0.352 e.